The summed E-state index contributed by atoms with van der Waals surface area (Å²) in [4.78, 5) is 8.84. The lowest BCUT2D eigenvalue weighted by atomic mass is 10.3. The van der Waals surface area contributed by atoms with E-state index in [1.165, 1.54) is 0 Å². The first-order valence-corrected chi connectivity index (χ1v) is 5.68. The Labute approximate surface area is 101 Å². The molecule has 2 heterocycles. The molecule has 0 aromatic carbocycles. The molecule has 17 heavy (non-hydrogen) atoms. The topological polar surface area (TPSA) is 55.6 Å². The maximum absolute atomic E-state index is 4.42. The molecule has 0 saturated carbocycles. The van der Waals surface area contributed by atoms with Crippen LogP contribution in [0.2, 0.25) is 0 Å². The molecule has 2 aromatic heterocycles. The van der Waals surface area contributed by atoms with Crippen LogP contribution in [0.3, 0.4) is 0 Å². The summed E-state index contributed by atoms with van der Waals surface area (Å²) in [5.41, 5.74) is 1.88. The second-order valence-corrected chi connectivity index (χ2v) is 4.27. The van der Waals surface area contributed by atoms with E-state index in [-0.39, 0.29) is 0 Å². The first-order chi connectivity index (χ1) is 8.10. The average molecular weight is 231 g/mol. The molecule has 0 fully saturated rings. The quantitative estimate of drug-likeness (QED) is 0.880. The van der Waals surface area contributed by atoms with Crippen molar-refractivity contribution < 1.29 is 0 Å². The predicted molar refractivity (Wildman–Crippen MR) is 67.9 cm³/mol. The van der Waals surface area contributed by atoms with Gasteiger partial charge in [-0.1, -0.05) is 0 Å². The summed E-state index contributed by atoms with van der Waals surface area (Å²) < 4.78 is 1.90. The molecule has 0 aliphatic rings. The number of rotatable bonds is 3. The van der Waals surface area contributed by atoms with Crippen LogP contribution in [-0.4, -0.2) is 26.8 Å². The van der Waals surface area contributed by atoms with Crippen molar-refractivity contribution in [3.8, 4) is 11.4 Å². The fourth-order valence-corrected chi connectivity index (χ4v) is 1.56. The third-order valence-electron chi connectivity index (χ3n) is 2.50. The molecule has 0 atom stereocenters. The van der Waals surface area contributed by atoms with Gasteiger partial charge >= 0.3 is 0 Å². The van der Waals surface area contributed by atoms with E-state index in [1.54, 1.807) is 6.20 Å². The molecule has 0 spiro atoms. The number of aryl methyl sites for hydroxylation is 1. The fraction of sp³-hybridized carbons (Fsp3) is 0.417. The normalized spacial score (nSPS) is 10.9. The van der Waals surface area contributed by atoms with Crippen LogP contribution in [0.5, 0.6) is 0 Å². The van der Waals surface area contributed by atoms with E-state index in [4.69, 9.17) is 0 Å². The number of anilines is 1. The molecule has 5 nitrogen and oxygen atoms in total. The molecule has 0 bridgehead atoms. The van der Waals surface area contributed by atoms with Crippen molar-refractivity contribution in [3.05, 3.63) is 24.2 Å². The standard InChI is InChI=1S/C12H17N5/c1-8(2)17-7-10(6-14-17)12-15-9(3)5-11(13-4)16-12/h5-8H,1-4H3,(H,13,15,16). The largest absolute Gasteiger partial charge is 0.373 e. The summed E-state index contributed by atoms with van der Waals surface area (Å²) in [6.45, 7) is 6.14. The van der Waals surface area contributed by atoms with Gasteiger partial charge in [0.2, 0.25) is 0 Å². The second kappa shape index (κ2) is 4.53. The smallest absolute Gasteiger partial charge is 0.164 e. The van der Waals surface area contributed by atoms with Gasteiger partial charge in [0.15, 0.2) is 5.82 Å². The molecule has 0 aliphatic carbocycles. The van der Waals surface area contributed by atoms with E-state index in [0.717, 1.165) is 17.1 Å². The molecule has 90 valence electrons. The first kappa shape index (κ1) is 11.6. The number of hydrogen-bond donors (Lipinski definition) is 1. The van der Waals surface area contributed by atoms with Gasteiger partial charge in [-0.25, -0.2) is 9.97 Å². The Bertz CT molecular complexity index is 515. The van der Waals surface area contributed by atoms with E-state index in [2.05, 4.69) is 34.2 Å². The predicted octanol–water partition coefficient (Wildman–Crippen LogP) is 2.27. The third-order valence-corrected chi connectivity index (χ3v) is 2.50. The minimum absolute atomic E-state index is 0.345. The van der Waals surface area contributed by atoms with Crippen LogP contribution in [0.25, 0.3) is 11.4 Å². The zero-order chi connectivity index (χ0) is 12.4. The first-order valence-electron chi connectivity index (χ1n) is 5.68. The van der Waals surface area contributed by atoms with Gasteiger partial charge in [-0.2, -0.15) is 5.10 Å². The van der Waals surface area contributed by atoms with Crippen molar-refractivity contribution in [2.45, 2.75) is 26.8 Å². The summed E-state index contributed by atoms with van der Waals surface area (Å²) in [5.74, 6) is 1.53. The Balaban J connectivity index is 2.41. The van der Waals surface area contributed by atoms with Crippen LogP contribution in [-0.2, 0) is 0 Å². The van der Waals surface area contributed by atoms with E-state index in [1.807, 2.05) is 30.9 Å². The van der Waals surface area contributed by atoms with Gasteiger partial charge in [0.05, 0.1) is 11.8 Å². The zero-order valence-electron chi connectivity index (χ0n) is 10.6. The van der Waals surface area contributed by atoms with E-state index in [9.17, 15) is 0 Å². The number of nitrogens with zero attached hydrogens (tertiary/aromatic N) is 4. The highest BCUT2D eigenvalue weighted by Gasteiger charge is 2.08. The highest BCUT2D eigenvalue weighted by atomic mass is 15.3. The number of hydrogen-bond acceptors (Lipinski definition) is 4. The van der Waals surface area contributed by atoms with E-state index >= 15 is 0 Å². The van der Waals surface area contributed by atoms with Gasteiger partial charge in [0, 0.05) is 31.0 Å². The molecule has 5 heteroatoms. The van der Waals surface area contributed by atoms with E-state index in [0.29, 0.717) is 11.9 Å². The summed E-state index contributed by atoms with van der Waals surface area (Å²) in [7, 11) is 1.85. The van der Waals surface area contributed by atoms with Crippen molar-refractivity contribution in [1.29, 1.82) is 0 Å². The SMILES string of the molecule is CNc1cc(C)nc(-c2cnn(C(C)C)c2)n1. The maximum atomic E-state index is 4.42. The molecular formula is C12H17N5. The zero-order valence-corrected chi connectivity index (χ0v) is 10.6. The summed E-state index contributed by atoms with van der Waals surface area (Å²) in [6, 6.07) is 2.26. The van der Waals surface area contributed by atoms with Crippen LogP contribution in [0.1, 0.15) is 25.6 Å². The summed E-state index contributed by atoms with van der Waals surface area (Å²) in [5, 5.41) is 7.32. The van der Waals surface area contributed by atoms with Crippen LogP contribution in [0.4, 0.5) is 5.82 Å². The molecule has 0 radical (unpaired) electrons. The van der Waals surface area contributed by atoms with Crippen LogP contribution >= 0.6 is 0 Å². The van der Waals surface area contributed by atoms with Crippen molar-refractivity contribution in [2.24, 2.45) is 0 Å². The Morgan fingerprint density at radius 3 is 2.65 bits per heavy atom. The molecule has 2 aromatic rings. The highest BCUT2D eigenvalue weighted by molar-refractivity contribution is 5.55. The fourth-order valence-electron chi connectivity index (χ4n) is 1.56. The van der Waals surface area contributed by atoms with Crippen LogP contribution in [0, 0.1) is 6.92 Å². The monoisotopic (exact) mass is 231 g/mol. The number of aromatic nitrogens is 4. The van der Waals surface area contributed by atoms with Gasteiger partial charge in [-0.15, -0.1) is 0 Å². The Morgan fingerprint density at radius 2 is 2.06 bits per heavy atom. The Kier molecular flexibility index (Phi) is 3.08. The average Bonchev–Trinajstić information content (AvgIpc) is 2.77. The van der Waals surface area contributed by atoms with Gasteiger partial charge in [0.25, 0.3) is 0 Å². The molecule has 0 amide bonds. The highest BCUT2D eigenvalue weighted by Crippen LogP contribution is 2.18. The van der Waals surface area contributed by atoms with Crippen molar-refractivity contribution in [1.82, 2.24) is 19.7 Å². The van der Waals surface area contributed by atoms with Gasteiger partial charge < -0.3 is 5.32 Å². The Morgan fingerprint density at radius 1 is 1.29 bits per heavy atom. The molecule has 0 saturated heterocycles. The van der Waals surface area contributed by atoms with Gasteiger partial charge in [-0.3, -0.25) is 4.68 Å². The molecule has 0 unspecified atom stereocenters. The lowest BCUT2D eigenvalue weighted by Gasteiger charge is -2.04. The molecular weight excluding hydrogens is 214 g/mol. The molecule has 0 aliphatic heterocycles. The Hall–Kier alpha value is -1.91. The van der Waals surface area contributed by atoms with Crippen LogP contribution < -0.4 is 5.32 Å². The lowest BCUT2D eigenvalue weighted by molar-refractivity contribution is 0.532. The van der Waals surface area contributed by atoms with Crippen molar-refractivity contribution in [2.75, 3.05) is 12.4 Å². The van der Waals surface area contributed by atoms with Crippen LogP contribution in [0.15, 0.2) is 18.5 Å². The van der Waals surface area contributed by atoms with E-state index < -0.39 is 0 Å². The minimum Gasteiger partial charge on any atom is -0.373 e. The summed E-state index contributed by atoms with van der Waals surface area (Å²) >= 11 is 0. The second-order valence-electron chi connectivity index (χ2n) is 4.27. The van der Waals surface area contributed by atoms with Crippen molar-refractivity contribution >= 4 is 5.82 Å². The lowest BCUT2D eigenvalue weighted by Crippen LogP contribution is -2.00. The summed E-state index contributed by atoms with van der Waals surface area (Å²) in [6.07, 6.45) is 3.77. The van der Waals surface area contributed by atoms with Crippen molar-refractivity contribution in [3.63, 3.8) is 0 Å². The van der Waals surface area contributed by atoms with Gasteiger partial charge in [-0.05, 0) is 20.8 Å². The maximum Gasteiger partial charge on any atom is 0.164 e. The van der Waals surface area contributed by atoms with Gasteiger partial charge in [0.1, 0.15) is 5.82 Å². The molecule has 1 N–H and O–H groups in total. The minimum atomic E-state index is 0.345. The third kappa shape index (κ3) is 2.43. The molecule has 2 rings (SSSR count). The number of nitrogens with one attached hydrogen (secondary N) is 1.